The number of carbonyl (C=O) groups excluding carboxylic acids is 2. The summed E-state index contributed by atoms with van der Waals surface area (Å²) in [5, 5.41) is 0.519. The second-order valence-corrected chi connectivity index (χ2v) is 6.87. The van der Waals surface area contributed by atoms with Gasteiger partial charge in [0.1, 0.15) is 11.5 Å². The summed E-state index contributed by atoms with van der Waals surface area (Å²) in [6.07, 6.45) is 2.30. The van der Waals surface area contributed by atoms with Crippen LogP contribution in [0.3, 0.4) is 0 Å². The van der Waals surface area contributed by atoms with Gasteiger partial charge in [-0.1, -0.05) is 18.5 Å². The molecule has 0 unspecified atom stereocenters. The minimum absolute atomic E-state index is 0.209. The highest BCUT2D eigenvalue weighted by Gasteiger charge is 2.20. The van der Waals surface area contributed by atoms with Gasteiger partial charge in [-0.05, 0) is 48.5 Å². The summed E-state index contributed by atoms with van der Waals surface area (Å²) in [5.74, 6) is 0.138. The van der Waals surface area contributed by atoms with E-state index in [1.54, 1.807) is 36.4 Å². The first-order valence-electron chi connectivity index (χ1n) is 7.83. The second kappa shape index (κ2) is 7.80. The Labute approximate surface area is 159 Å². The number of ether oxygens (including phenoxy) is 1. The van der Waals surface area contributed by atoms with E-state index >= 15 is 0 Å². The van der Waals surface area contributed by atoms with Crippen LogP contribution in [0, 0.1) is 0 Å². The summed E-state index contributed by atoms with van der Waals surface area (Å²) in [7, 11) is 0. The van der Waals surface area contributed by atoms with E-state index in [9.17, 15) is 9.59 Å². The lowest BCUT2D eigenvalue weighted by molar-refractivity contribution is -0.113. The largest absolute Gasteiger partial charge is 0.462 e. The number of aliphatic imine (C=N–C) groups is 1. The van der Waals surface area contributed by atoms with Crippen LogP contribution in [0.2, 0.25) is 5.02 Å². The number of carbonyl (C=O) groups is 2. The van der Waals surface area contributed by atoms with Crippen molar-refractivity contribution in [1.29, 1.82) is 0 Å². The van der Waals surface area contributed by atoms with E-state index in [1.807, 2.05) is 6.92 Å². The summed E-state index contributed by atoms with van der Waals surface area (Å²) < 4.78 is 10.9. The van der Waals surface area contributed by atoms with Crippen LogP contribution in [0.15, 0.2) is 44.6 Å². The number of amides is 1. The lowest BCUT2D eigenvalue weighted by Crippen LogP contribution is -2.06. The van der Waals surface area contributed by atoms with Crippen LogP contribution in [0.25, 0.3) is 17.4 Å². The molecule has 0 bridgehead atoms. The molecular formula is C18H15ClN2O4S. The van der Waals surface area contributed by atoms with E-state index < -0.39 is 11.9 Å². The van der Waals surface area contributed by atoms with Crippen molar-refractivity contribution in [3.8, 4) is 11.3 Å². The van der Waals surface area contributed by atoms with Crippen molar-refractivity contribution in [2.24, 2.45) is 10.7 Å². The minimum Gasteiger partial charge on any atom is -0.462 e. The van der Waals surface area contributed by atoms with Crippen LogP contribution >= 0.6 is 23.4 Å². The van der Waals surface area contributed by atoms with Gasteiger partial charge in [0.25, 0.3) is 5.91 Å². The normalized spacial score (nSPS) is 15.4. The molecule has 1 aromatic carbocycles. The van der Waals surface area contributed by atoms with Gasteiger partial charge in [-0.3, -0.25) is 4.79 Å². The number of hydrogen-bond acceptors (Lipinski definition) is 6. The Morgan fingerprint density at radius 2 is 2.19 bits per heavy atom. The third-order valence-corrected chi connectivity index (χ3v) is 4.59. The average Bonchev–Trinajstić information content (AvgIpc) is 3.20. The molecule has 0 atom stereocenters. The van der Waals surface area contributed by atoms with E-state index in [0.717, 1.165) is 18.2 Å². The van der Waals surface area contributed by atoms with Gasteiger partial charge in [0.15, 0.2) is 5.17 Å². The van der Waals surface area contributed by atoms with Crippen LogP contribution in [-0.4, -0.2) is 23.7 Å². The molecule has 0 spiro atoms. The highest BCUT2D eigenvalue weighted by molar-refractivity contribution is 8.18. The monoisotopic (exact) mass is 390 g/mol. The molecule has 0 aliphatic carbocycles. The molecule has 6 nitrogen and oxygen atoms in total. The molecule has 0 radical (unpaired) electrons. The van der Waals surface area contributed by atoms with Gasteiger partial charge in [-0.25, -0.2) is 4.79 Å². The predicted molar refractivity (Wildman–Crippen MR) is 102 cm³/mol. The van der Waals surface area contributed by atoms with Gasteiger partial charge in [0.05, 0.1) is 22.1 Å². The molecule has 3 rings (SSSR count). The van der Waals surface area contributed by atoms with Crippen molar-refractivity contribution >= 4 is 46.5 Å². The zero-order chi connectivity index (χ0) is 18.7. The number of rotatable bonds is 5. The van der Waals surface area contributed by atoms with Crippen LogP contribution in [-0.2, 0) is 9.53 Å². The zero-order valence-electron chi connectivity index (χ0n) is 13.8. The van der Waals surface area contributed by atoms with E-state index in [1.165, 1.54) is 0 Å². The lowest BCUT2D eigenvalue weighted by Gasteiger charge is -2.06. The fourth-order valence-corrected chi connectivity index (χ4v) is 3.10. The molecule has 2 N–H and O–H groups in total. The van der Waals surface area contributed by atoms with Crippen molar-refractivity contribution in [3.63, 3.8) is 0 Å². The standard InChI is InChI=1S/C18H15ClN2O4S/c1-2-7-24-17(23)12-8-10(3-5-13(12)19)14-6-4-11(25-14)9-15-16(22)21-18(20)26-15/h3-6,8-9H,2,7H2,1H3,(H2,20,21,22)/b15-9-. The summed E-state index contributed by atoms with van der Waals surface area (Å²) in [6, 6.07) is 8.43. The first-order chi connectivity index (χ1) is 12.5. The number of nitrogens with two attached hydrogens (primary N) is 1. The van der Waals surface area contributed by atoms with Crippen molar-refractivity contribution in [2.45, 2.75) is 13.3 Å². The lowest BCUT2D eigenvalue weighted by atomic mass is 10.1. The Hall–Kier alpha value is -2.51. The third kappa shape index (κ3) is 4.00. The molecule has 26 heavy (non-hydrogen) atoms. The molecular weight excluding hydrogens is 376 g/mol. The van der Waals surface area contributed by atoms with E-state index in [2.05, 4.69) is 4.99 Å². The predicted octanol–water partition coefficient (Wildman–Crippen LogP) is 4.10. The number of nitrogens with zero attached hydrogens (tertiary/aromatic N) is 1. The Balaban J connectivity index is 1.84. The molecule has 8 heteroatoms. The van der Waals surface area contributed by atoms with Crippen LogP contribution in [0.4, 0.5) is 0 Å². The maximum atomic E-state index is 12.1. The molecule has 134 valence electrons. The van der Waals surface area contributed by atoms with Crippen LogP contribution < -0.4 is 5.73 Å². The maximum Gasteiger partial charge on any atom is 0.339 e. The maximum absolute atomic E-state index is 12.1. The number of thioether (sulfide) groups is 1. The molecule has 0 saturated carbocycles. The molecule has 1 aromatic heterocycles. The zero-order valence-corrected chi connectivity index (χ0v) is 15.4. The Bertz CT molecular complexity index is 933. The first-order valence-corrected chi connectivity index (χ1v) is 9.02. The summed E-state index contributed by atoms with van der Waals surface area (Å²) in [6.45, 7) is 2.24. The molecule has 1 aliphatic heterocycles. The van der Waals surface area contributed by atoms with E-state index in [4.69, 9.17) is 26.5 Å². The molecule has 1 amide bonds. The van der Waals surface area contributed by atoms with Gasteiger partial charge in [0.2, 0.25) is 0 Å². The number of hydrogen-bond donors (Lipinski definition) is 1. The number of benzene rings is 1. The van der Waals surface area contributed by atoms with E-state index in [-0.39, 0.29) is 10.7 Å². The second-order valence-electron chi connectivity index (χ2n) is 5.40. The quantitative estimate of drug-likeness (QED) is 0.610. The average molecular weight is 391 g/mol. The molecule has 0 saturated heterocycles. The molecule has 2 aromatic rings. The van der Waals surface area contributed by atoms with Crippen molar-refractivity contribution in [1.82, 2.24) is 0 Å². The van der Waals surface area contributed by atoms with Gasteiger partial charge >= 0.3 is 5.97 Å². The topological polar surface area (TPSA) is 94.9 Å². The van der Waals surface area contributed by atoms with Gasteiger partial charge in [-0.15, -0.1) is 0 Å². The Morgan fingerprint density at radius 1 is 1.38 bits per heavy atom. The summed E-state index contributed by atoms with van der Waals surface area (Å²) in [5.41, 5.74) is 6.47. The number of furan rings is 1. The van der Waals surface area contributed by atoms with Crippen molar-refractivity contribution < 1.29 is 18.7 Å². The highest BCUT2D eigenvalue weighted by Crippen LogP contribution is 2.30. The molecule has 1 aliphatic rings. The van der Waals surface area contributed by atoms with Gasteiger partial charge in [0, 0.05) is 11.6 Å². The number of halogens is 1. The Morgan fingerprint density at radius 3 is 2.88 bits per heavy atom. The van der Waals surface area contributed by atoms with Crippen LogP contribution in [0.5, 0.6) is 0 Å². The Kier molecular flexibility index (Phi) is 5.49. The fraction of sp³-hybridized carbons (Fsp3) is 0.167. The first kappa shape index (κ1) is 18.3. The van der Waals surface area contributed by atoms with Crippen molar-refractivity contribution in [2.75, 3.05) is 6.61 Å². The summed E-state index contributed by atoms with van der Waals surface area (Å²) in [4.78, 5) is 27.8. The highest BCUT2D eigenvalue weighted by atomic mass is 35.5. The van der Waals surface area contributed by atoms with E-state index in [0.29, 0.717) is 33.6 Å². The SMILES string of the molecule is CCCOC(=O)c1cc(-c2ccc(/C=C3\SC(N)=NC3=O)o2)ccc1Cl. The van der Waals surface area contributed by atoms with Crippen LogP contribution in [0.1, 0.15) is 29.5 Å². The molecule has 2 heterocycles. The number of amidine groups is 1. The van der Waals surface area contributed by atoms with Crippen molar-refractivity contribution in [3.05, 3.63) is 51.6 Å². The smallest absolute Gasteiger partial charge is 0.339 e. The minimum atomic E-state index is -0.479. The van der Waals surface area contributed by atoms with Gasteiger partial charge < -0.3 is 14.9 Å². The summed E-state index contributed by atoms with van der Waals surface area (Å²) >= 11 is 7.19. The fourth-order valence-electron chi connectivity index (χ4n) is 2.25. The van der Waals surface area contributed by atoms with Gasteiger partial charge in [-0.2, -0.15) is 4.99 Å². The third-order valence-electron chi connectivity index (χ3n) is 3.45. The molecule has 0 fully saturated rings. The number of esters is 1.